The Balaban J connectivity index is 2.12. The average Bonchev–Trinajstić information content (AvgIpc) is 2.50. The summed E-state index contributed by atoms with van der Waals surface area (Å²) in [5.41, 5.74) is 1.06. The molecule has 2 rings (SSSR count). The summed E-state index contributed by atoms with van der Waals surface area (Å²) in [5.74, 6) is -1.58. The molecule has 0 aliphatic heterocycles. The third kappa shape index (κ3) is 3.30. The van der Waals surface area contributed by atoms with Crippen molar-refractivity contribution < 1.29 is 24.5 Å². The van der Waals surface area contributed by atoms with E-state index in [1.54, 1.807) is 12.1 Å². The van der Waals surface area contributed by atoms with Crippen molar-refractivity contribution in [1.29, 1.82) is 0 Å². The summed E-state index contributed by atoms with van der Waals surface area (Å²) in [4.78, 5) is 23.2. The number of rotatable bonds is 3. The van der Waals surface area contributed by atoms with Gasteiger partial charge >= 0.3 is 5.97 Å². The number of benzene rings is 2. The summed E-state index contributed by atoms with van der Waals surface area (Å²) in [6.07, 6.45) is 0. The van der Waals surface area contributed by atoms with Gasteiger partial charge in [0.25, 0.3) is 5.91 Å². The molecule has 0 aliphatic rings. The minimum absolute atomic E-state index is 0.197. The number of carbonyl (C=O) groups is 2. The summed E-state index contributed by atoms with van der Waals surface area (Å²) in [7, 11) is 1.29. The van der Waals surface area contributed by atoms with Crippen molar-refractivity contribution in [2.75, 3.05) is 12.4 Å². The second-order valence-electron chi connectivity index (χ2n) is 4.23. The number of phenolic OH excluding ortho intramolecular Hbond substituents is 2. The zero-order chi connectivity index (χ0) is 15.4. The van der Waals surface area contributed by atoms with E-state index in [0.717, 1.165) is 6.07 Å². The van der Waals surface area contributed by atoms with Crippen molar-refractivity contribution >= 4 is 17.6 Å². The number of anilines is 1. The number of aromatic hydroxyl groups is 2. The van der Waals surface area contributed by atoms with Crippen molar-refractivity contribution in [2.24, 2.45) is 0 Å². The molecular weight excluding hydrogens is 274 g/mol. The highest BCUT2D eigenvalue weighted by Gasteiger charge is 2.10. The van der Waals surface area contributed by atoms with Crippen LogP contribution < -0.4 is 5.32 Å². The lowest BCUT2D eigenvalue weighted by molar-refractivity contribution is 0.0600. The van der Waals surface area contributed by atoms with Gasteiger partial charge in [-0.25, -0.2) is 4.79 Å². The third-order valence-electron chi connectivity index (χ3n) is 2.80. The van der Waals surface area contributed by atoms with Crippen LogP contribution in [0.25, 0.3) is 0 Å². The molecule has 0 atom stereocenters. The van der Waals surface area contributed by atoms with E-state index in [0.29, 0.717) is 11.3 Å². The predicted molar refractivity (Wildman–Crippen MR) is 75.5 cm³/mol. The zero-order valence-electron chi connectivity index (χ0n) is 11.2. The molecule has 0 fully saturated rings. The summed E-state index contributed by atoms with van der Waals surface area (Å²) >= 11 is 0. The van der Waals surface area contributed by atoms with Crippen molar-refractivity contribution in [3.63, 3.8) is 0 Å². The van der Waals surface area contributed by atoms with Crippen LogP contribution in [0.5, 0.6) is 11.5 Å². The largest absolute Gasteiger partial charge is 0.504 e. The highest BCUT2D eigenvalue weighted by molar-refractivity contribution is 6.04. The van der Waals surface area contributed by atoms with Gasteiger partial charge in [0.05, 0.1) is 12.7 Å². The first-order chi connectivity index (χ1) is 10.0. The maximum Gasteiger partial charge on any atom is 0.337 e. The van der Waals surface area contributed by atoms with Crippen LogP contribution in [0.1, 0.15) is 20.7 Å². The lowest BCUT2D eigenvalue weighted by atomic mass is 10.1. The first-order valence-electron chi connectivity index (χ1n) is 6.03. The van der Waals surface area contributed by atoms with Gasteiger partial charge in [0.2, 0.25) is 0 Å². The van der Waals surface area contributed by atoms with E-state index in [-0.39, 0.29) is 17.1 Å². The quantitative estimate of drug-likeness (QED) is 0.593. The number of carbonyl (C=O) groups excluding carboxylic acids is 2. The third-order valence-corrected chi connectivity index (χ3v) is 2.80. The molecule has 0 unspecified atom stereocenters. The highest BCUT2D eigenvalue weighted by atomic mass is 16.5. The summed E-state index contributed by atoms with van der Waals surface area (Å²) in [6, 6.07) is 9.94. The predicted octanol–water partition coefficient (Wildman–Crippen LogP) is 2.14. The monoisotopic (exact) mass is 287 g/mol. The molecular formula is C15H13NO5. The topological polar surface area (TPSA) is 95.9 Å². The maximum atomic E-state index is 12.0. The first-order valence-corrected chi connectivity index (χ1v) is 6.03. The molecule has 1 amide bonds. The van der Waals surface area contributed by atoms with Crippen molar-refractivity contribution in [1.82, 2.24) is 0 Å². The second kappa shape index (κ2) is 5.96. The van der Waals surface area contributed by atoms with Crippen molar-refractivity contribution in [2.45, 2.75) is 0 Å². The summed E-state index contributed by atoms with van der Waals surface area (Å²) in [5, 5.41) is 21.2. The number of methoxy groups -OCH3 is 1. The van der Waals surface area contributed by atoms with E-state index >= 15 is 0 Å². The van der Waals surface area contributed by atoms with Crippen molar-refractivity contribution in [3.8, 4) is 11.5 Å². The fraction of sp³-hybridized carbons (Fsp3) is 0.0667. The molecule has 6 nitrogen and oxygen atoms in total. The second-order valence-corrected chi connectivity index (χ2v) is 4.23. The van der Waals surface area contributed by atoms with Crippen LogP contribution >= 0.6 is 0 Å². The number of ether oxygens (including phenoxy) is 1. The fourth-order valence-electron chi connectivity index (χ4n) is 1.68. The van der Waals surface area contributed by atoms with Gasteiger partial charge in [0, 0.05) is 11.3 Å². The molecule has 108 valence electrons. The molecule has 2 aromatic carbocycles. The van der Waals surface area contributed by atoms with Crippen LogP contribution in [0.2, 0.25) is 0 Å². The smallest absolute Gasteiger partial charge is 0.337 e. The lowest BCUT2D eigenvalue weighted by Gasteiger charge is -2.07. The van der Waals surface area contributed by atoms with Gasteiger partial charge in [-0.3, -0.25) is 4.79 Å². The molecule has 0 saturated heterocycles. The molecule has 0 saturated carbocycles. The average molecular weight is 287 g/mol. The number of hydrogen-bond acceptors (Lipinski definition) is 5. The Labute approximate surface area is 120 Å². The molecule has 0 radical (unpaired) electrons. The first kappa shape index (κ1) is 14.4. The molecule has 0 bridgehead atoms. The fourth-order valence-corrected chi connectivity index (χ4v) is 1.68. The van der Waals surface area contributed by atoms with Gasteiger partial charge in [0.1, 0.15) is 0 Å². The van der Waals surface area contributed by atoms with E-state index in [9.17, 15) is 19.8 Å². The van der Waals surface area contributed by atoms with E-state index < -0.39 is 11.9 Å². The van der Waals surface area contributed by atoms with Crippen LogP contribution in [-0.4, -0.2) is 29.2 Å². The molecule has 3 N–H and O–H groups in total. The van der Waals surface area contributed by atoms with E-state index in [1.165, 1.54) is 31.4 Å². The van der Waals surface area contributed by atoms with Gasteiger partial charge < -0.3 is 20.3 Å². The Morgan fingerprint density at radius 2 is 1.57 bits per heavy atom. The minimum Gasteiger partial charge on any atom is -0.504 e. The molecule has 6 heteroatoms. The van der Waals surface area contributed by atoms with Crippen molar-refractivity contribution in [3.05, 3.63) is 53.6 Å². The number of amides is 1. The Morgan fingerprint density at radius 3 is 2.14 bits per heavy atom. The molecule has 0 spiro atoms. The van der Waals surface area contributed by atoms with E-state index in [2.05, 4.69) is 10.1 Å². The standard InChI is InChI=1S/C15H13NO5/c1-21-15(20)9-2-5-11(6-3-9)16-14(19)10-4-7-12(17)13(18)8-10/h2-8,17-18H,1H3,(H,16,19). The number of phenols is 2. The Kier molecular flexibility index (Phi) is 4.08. The number of esters is 1. The highest BCUT2D eigenvalue weighted by Crippen LogP contribution is 2.25. The maximum absolute atomic E-state index is 12.0. The van der Waals surface area contributed by atoms with Gasteiger partial charge in [-0.2, -0.15) is 0 Å². The zero-order valence-corrected chi connectivity index (χ0v) is 11.2. The van der Waals surface area contributed by atoms with Crippen LogP contribution in [-0.2, 0) is 4.74 Å². The Bertz CT molecular complexity index is 679. The van der Waals surface area contributed by atoms with Gasteiger partial charge in [-0.1, -0.05) is 0 Å². The minimum atomic E-state index is -0.462. The molecule has 2 aromatic rings. The molecule has 0 aromatic heterocycles. The lowest BCUT2D eigenvalue weighted by Crippen LogP contribution is -2.12. The van der Waals surface area contributed by atoms with Gasteiger partial charge in [-0.15, -0.1) is 0 Å². The normalized spacial score (nSPS) is 9.95. The van der Waals surface area contributed by atoms with Gasteiger partial charge in [-0.05, 0) is 42.5 Å². The van der Waals surface area contributed by atoms with Crippen LogP contribution in [0.15, 0.2) is 42.5 Å². The SMILES string of the molecule is COC(=O)c1ccc(NC(=O)c2ccc(O)c(O)c2)cc1. The summed E-state index contributed by atoms with van der Waals surface area (Å²) < 4.78 is 4.57. The molecule has 0 aliphatic carbocycles. The number of nitrogens with one attached hydrogen (secondary N) is 1. The Hall–Kier alpha value is -3.02. The Morgan fingerprint density at radius 1 is 0.952 bits per heavy atom. The van der Waals surface area contributed by atoms with Gasteiger partial charge in [0.15, 0.2) is 11.5 Å². The molecule has 0 heterocycles. The van der Waals surface area contributed by atoms with E-state index in [4.69, 9.17) is 0 Å². The molecule has 21 heavy (non-hydrogen) atoms. The summed E-state index contributed by atoms with van der Waals surface area (Å²) in [6.45, 7) is 0. The van der Waals surface area contributed by atoms with Crippen LogP contribution in [0.4, 0.5) is 5.69 Å². The van der Waals surface area contributed by atoms with Crippen LogP contribution in [0.3, 0.4) is 0 Å². The van der Waals surface area contributed by atoms with Crippen LogP contribution in [0, 0.1) is 0 Å². The number of hydrogen-bond donors (Lipinski definition) is 3. The van der Waals surface area contributed by atoms with E-state index in [1.807, 2.05) is 0 Å².